The van der Waals surface area contributed by atoms with Gasteiger partial charge >= 0.3 is 0 Å². The monoisotopic (exact) mass is 367 g/mol. The SMILES string of the molecule is CCc1cccc(C)c1NC(=O)CSCc1ccc(Cl)c(Cl)c1. The van der Waals surface area contributed by atoms with E-state index < -0.39 is 0 Å². The molecule has 0 spiro atoms. The summed E-state index contributed by atoms with van der Waals surface area (Å²) in [5, 5.41) is 4.12. The van der Waals surface area contributed by atoms with Gasteiger partial charge in [0.05, 0.1) is 15.8 Å². The van der Waals surface area contributed by atoms with Crippen LogP contribution in [0.4, 0.5) is 5.69 Å². The quantitative estimate of drug-likeness (QED) is 0.705. The molecule has 1 N–H and O–H groups in total. The summed E-state index contributed by atoms with van der Waals surface area (Å²) in [5.41, 5.74) is 4.25. The van der Waals surface area contributed by atoms with Gasteiger partial charge in [-0.15, -0.1) is 11.8 Å². The molecule has 2 aromatic carbocycles. The zero-order valence-corrected chi connectivity index (χ0v) is 15.5. The lowest BCUT2D eigenvalue weighted by Gasteiger charge is -2.13. The number of halogens is 2. The molecule has 0 aliphatic heterocycles. The second-order valence-electron chi connectivity index (χ2n) is 5.25. The van der Waals surface area contributed by atoms with Gasteiger partial charge in [-0.1, -0.05) is 54.4 Å². The van der Waals surface area contributed by atoms with Crippen molar-refractivity contribution in [3.05, 3.63) is 63.1 Å². The van der Waals surface area contributed by atoms with Gasteiger partial charge in [0.1, 0.15) is 0 Å². The third kappa shape index (κ3) is 5.17. The normalized spacial score (nSPS) is 10.6. The molecular weight excluding hydrogens is 349 g/mol. The van der Waals surface area contributed by atoms with Crippen LogP contribution in [0.3, 0.4) is 0 Å². The third-order valence-electron chi connectivity index (χ3n) is 3.49. The Morgan fingerprint density at radius 3 is 2.65 bits per heavy atom. The van der Waals surface area contributed by atoms with E-state index in [-0.39, 0.29) is 5.91 Å². The van der Waals surface area contributed by atoms with Crippen molar-refractivity contribution in [2.45, 2.75) is 26.0 Å². The predicted octanol–water partition coefficient (Wildman–Crippen LogP) is 5.74. The van der Waals surface area contributed by atoms with Crippen molar-refractivity contribution in [1.29, 1.82) is 0 Å². The molecule has 0 aliphatic carbocycles. The third-order valence-corrected chi connectivity index (χ3v) is 5.23. The number of rotatable bonds is 6. The number of hydrogen-bond acceptors (Lipinski definition) is 2. The molecule has 0 unspecified atom stereocenters. The number of anilines is 1. The fourth-order valence-corrected chi connectivity index (χ4v) is 3.36. The average Bonchev–Trinajstić information content (AvgIpc) is 2.53. The Morgan fingerprint density at radius 2 is 1.96 bits per heavy atom. The first-order valence-corrected chi connectivity index (χ1v) is 9.32. The number of amides is 1. The van der Waals surface area contributed by atoms with Crippen molar-refractivity contribution >= 4 is 46.6 Å². The van der Waals surface area contributed by atoms with Crippen LogP contribution in [0.25, 0.3) is 0 Å². The van der Waals surface area contributed by atoms with Gasteiger partial charge in [-0.3, -0.25) is 4.79 Å². The smallest absolute Gasteiger partial charge is 0.234 e. The molecule has 0 atom stereocenters. The summed E-state index contributed by atoms with van der Waals surface area (Å²) < 4.78 is 0. The maximum atomic E-state index is 12.2. The molecule has 2 rings (SSSR count). The Kier molecular flexibility index (Phi) is 6.82. The van der Waals surface area contributed by atoms with Gasteiger partial charge in [0.2, 0.25) is 5.91 Å². The number of hydrogen-bond donors (Lipinski definition) is 1. The zero-order chi connectivity index (χ0) is 16.8. The van der Waals surface area contributed by atoms with Crippen molar-refractivity contribution in [2.75, 3.05) is 11.1 Å². The van der Waals surface area contributed by atoms with Crippen LogP contribution in [0.1, 0.15) is 23.6 Å². The first-order chi connectivity index (χ1) is 11.0. The van der Waals surface area contributed by atoms with Gasteiger partial charge in [0.25, 0.3) is 0 Å². The van der Waals surface area contributed by atoms with E-state index in [4.69, 9.17) is 23.2 Å². The number of carbonyl (C=O) groups is 1. The van der Waals surface area contributed by atoms with E-state index in [2.05, 4.69) is 12.2 Å². The number of thioether (sulfide) groups is 1. The molecule has 0 saturated carbocycles. The van der Waals surface area contributed by atoms with Gasteiger partial charge in [-0.05, 0) is 42.2 Å². The van der Waals surface area contributed by atoms with Crippen molar-refractivity contribution in [3.63, 3.8) is 0 Å². The van der Waals surface area contributed by atoms with Crippen LogP contribution in [0, 0.1) is 6.92 Å². The fourth-order valence-electron chi connectivity index (χ4n) is 2.27. The van der Waals surface area contributed by atoms with Crippen molar-refractivity contribution < 1.29 is 4.79 Å². The molecule has 0 bridgehead atoms. The van der Waals surface area contributed by atoms with E-state index in [0.717, 1.165) is 34.6 Å². The minimum atomic E-state index is 0.0130. The standard InChI is InChI=1S/C18H19Cl2NOS/c1-3-14-6-4-5-12(2)18(14)21-17(22)11-23-10-13-7-8-15(19)16(20)9-13/h4-9H,3,10-11H2,1-2H3,(H,21,22). The molecule has 0 aliphatic rings. The lowest BCUT2D eigenvalue weighted by Crippen LogP contribution is -2.16. The Hall–Kier alpha value is -1.16. The largest absolute Gasteiger partial charge is 0.325 e. The van der Waals surface area contributed by atoms with Gasteiger partial charge in [-0.25, -0.2) is 0 Å². The average molecular weight is 368 g/mol. The van der Waals surface area contributed by atoms with Crippen molar-refractivity contribution in [2.24, 2.45) is 0 Å². The second-order valence-corrected chi connectivity index (χ2v) is 7.05. The lowest BCUT2D eigenvalue weighted by molar-refractivity contribution is -0.113. The molecule has 1 amide bonds. The molecular formula is C18H19Cl2NOS. The van der Waals surface area contributed by atoms with Crippen LogP contribution in [0.2, 0.25) is 10.0 Å². The Balaban J connectivity index is 1.89. The summed E-state index contributed by atoms with van der Waals surface area (Å²) in [5.74, 6) is 1.13. The first-order valence-electron chi connectivity index (χ1n) is 7.41. The summed E-state index contributed by atoms with van der Waals surface area (Å²) in [6, 6.07) is 11.6. The van der Waals surface area contributed by atoms with Crippen LogP contribution >= 0.6 is 35.0 Å². The van der Waals surface area contributed by atoms with E-state index in [1.165, 1.54) is 0 Å². The minimum absolute atomic E-state index is 0.0130. The molecule has 0 fully saturated rings. The fraction of sp³-hybridized carbons (Fsp3) is 0.278. The van der Waals surface area contributed by atoms with Crippen LogP contribution in [-0.4, -0.2) is 11.7 Å². The van der Waals surface area contributed by atoms with Gasteiger partial charge < -0.3 is 5.32 Å². The highest BCUT2D eigenvalue weighted by atomic mass is 35.5. The van der Waals surface area contributed by atoms with Gasteiger partial charge in [0.15, 0.2) is 0 Å². The highest BCUT2D eigenvalue weighted by molar-refractivity contribution is 7.99. The number of nitrogens with one attached hydrogen (secondary N) is 1. The van der Waals surface area contributed by atoms with E-state index in [1.54, 1.807) is 17.8 Å². The van der Waals surface area contributed by atoms with Crippen LogP contribution in [0.5, 0.6) is 0 Å². The summed E-state index contributed by atoms with van der Waals surface area (Å²) in [4.78, 5) is 12.2. The molecule has 0 radical (unpaired) electrons. The number of carbonyl (C=O) groups excluding carboxylic acids is 1. The Morgan fingerprint density at radius 1 is 1.17 bits per heavy atom. The molecule has 0 heterocycles. The molecule has 23 heavy (non-hydrogen) atoms. The number of benzene rings is 2. The molecule has 5 heteroatoms. The lowest BCUT2D eigenvalue weighted by atomic mass is 10.1. The predicted molar refractivity (Wildman–Crippen MR) is 102 cm³/mol. The molecule has 0 aromatic heterocycles. The number of para-hydroxylation sites is 1. The molecule has 2 aromatic rings. The van der Waals surface area contributed by atoms with Crippen molar-refractivity contribution in [1.82, 2.24) is 0 Å². The Labute approximate surface area is 151 Å². The molecule has 0 saturated heterocycles. The van der Waals surface area contributed by atoms with E-state index >= 15 is 0 Å². The first kappa shape index (κ1) is 18.2. The van der Waals surface area contributed by atoms with E-state index in [0.29, 0.717) is 15.8 Å². The highest BCUT2D eigenvalue weighted by Crippen LogP contribution is 2.25. The van der Waals surface area contributed by atoms with Crippen LogP contribution in [-0.2, 0) is 17.0 Å². The minimum Gasteiger partial charge on any atom is -0.325 e. The second kappa shape index (κ2) is 8.62. The van der Waals surface area contributed by atoms with Gasteiger partial charge in [0, 0.05) is 11.4 Å². The molecule has 122 valence electrons. The molecule has 2 nitrogen and oxygen atoms in total. The van der Waals surface area contributed by atoms with Crippen molar-refractivity contribution in [3.8, 4) is 0 Å². The van der Waals surface area contributed by atoms with E-state index in [9.17, 15) is 4.79 Å². The topological polar surface area (TPSA) is 29.1 Å². The van der Waals surface area contributed by atoms with E-state index in [1.807, 2.05) is 37.3 Å². The highest BCUT2D eigenvalue weighted by Gasteiger charge is 2.09. The maximum Gasteiger partial charge on any atom is 0.234 e. The number of aryl methyl sites for hydroxylation is 2. The summed E-state index contributed by atoms with van der Waals surface area (Å²) in [7, 11) is 0. The van der Waals surface area contributed by atoms with Crippen LogP contribution in [0.15, 0.2) is 36.4 Å². The summed E-state index contributed by atoms with van der Waals surface area (Å²) in [6.45, 7) is 4.10. The van der Waals surface area contributed by atoms with Gasteiger partial charge in [-0.2, -0.15) is 0 Å². The zero-order valence-electron chi connectivity index (χ0n) is 13.2. The maximum absolute atomic E-state index is 12.2. The summed E-state index contributed by atoms with van der Waals surface area (Å²) >= 11 is 13.4. The van der Waals surface area contributed by atoms with Crippen LogP contribution < -0.4 is 5.32 Å². The summed E-state index contributed by atoms with van der Waals surface area (Å²) in [6.07, 6.45) is 0.897. The Bertz CT molecular complexity index is 703.